The van der Waals surface area contributed by atoms with Gasteiger partial charge in [0, 0.05) is 22.2 Å². The molecule has 0 aliphatic heterocycles. The molecule has 0 heterocycles. The molecule has 0 saturated heterocycles. The summed E-state index contributed by atoms with van der Waals surface area (Å²) in [5.74, 6) is 0. The monoisotopic (exact) mass is 451 g/mol. The zero-order valence-electron chi connectivity index (χ0n) is 20.7. The van der Waals surface area contributed by atoms with E-state index in [0.717, 1.165) is 11.4 Å². The van der Waals surface area contributed by atoms with Crippen molar-refractivity contribution in [3.8, 4) is 22.3 Å². The van der Waals surface area contributed by atoms with E-state index in [9.17, 15) is 0 Å². The summed E-state index contributed by atoms with van der Waals surface area (Å²) in [7, 11) is 0. The molecule has 1 N–H and O–H groups in total. The summed E-state index contributed by atoms with van der Waals surface area (Å²) in [4.78, 5) is 0. The zero-order valence-corrected chi connectivity index (χ0v) is 20.7. The minimum Gasteiger partial charge on any atom is -0.356 e. The first-order chi connectivity index (χ1) is 16.8. The third-order valence-electron chi connectivity index (χ3n) is 8.41. The zero-order chi connectivity index (χ0) is 23.9. The van der Waals surface area contributed by atoms with Gasteiger partial charge in [-0.15, -0.1) is 0 Å². The topological polar surface area (TPSA) is 12.0 Å². The van der Waals surface area contributed by atoms with Gasteiger partial charge in [-0.25, -0.2) is 0 Å². The highest BCUT2D eigenvalue weighted by Crippen LogP contribution is 2.51. The first kappa shape index (κ1) is 20.5. The Balaban J connectivity index is 1.28. The molecule has 0 amide bonds. The van der Waals surface area contributed by atoms with Crippen LogP contribution in [0.5, 0.6) is 0 Å². The molecular formula is C34H29N. The van der Waals surface area contributed by atoms with E-state index in [1.54, 1.807) is 0 Å². The van der Waals surface area contributed by atoms with Crippen LogP contribution >= 0.6 is 0 Å². The summed E-state index contributed by atoms with van der Waals surface area (Å²) >= 11 is 0. The fourth-order valence-electron chi connectivity index (χ4n) is 6.45. The highest BCUT2D eigenvalue weighted by Gasteiger charge is 2.37. The summed E-state index contributed by atoms with van der Waals surface area (Å²) in [5.41, 5.74) is 13.3. The normalized spacial score (nSPS) is 15.9. The minimum atomic E-state index is -0.0338. The van der Waals surface area contributed by atoms with Gasteiger partial charge in [-0.05, 0) is 91.7 Å². The molecule has 1 nitrogen and oxygen atoms in total. The van der Waals surface area contributed by atoms with Crippen LogP contribution < -0.4 is 5.32 Å². The van der Waals surface area contributed by atoms with Gasteiger partial charge < -0.3 is 5.32 Å². The molecule has 35 heavy (non-hydrogen) atoms. The molecule has 5 aromatic carbocycles. The largest absolute Gasteiger partial charge is 0.356 e. The summed E-state index contributed by atoms with van der Waals surface area (Å²) in [6, 6.07) is 36.0. The Bertz CT molecular complexity index is 1670. The lowest BCUT2D eigenvalue weighted by Gasteiger charge is -2.23. The summed E-state index contributed by atoms with van der Waals surface area (Å²) in [5, 5.41) is 6.34. The maximum Gasteiger partial charge on any atom is 0.0387 e. The van der Waals surface area contributed by atoms with Crippen molar-refractivity contribution in [3.05, 3.63) is 119 Å². The number of hydrogen-bond donors (Lipinski definition) is 1. The van der Waals surface area contributed by atoms with Crippen molar-refractivity contribution in [2.45, 2.75) is 38.5 Å². The second-order valence-corrected chi connectivity index (χ2v) is 11.2. The van der Waals surface area contributed by atoms with E-state index >= 15 is 0 Å². The number of benzene rings is 5. The number of fused-ring (bicyclic) bond motifs is 7. The Hall–Kier alpha value is -3.84. The van der Waals surface area contributed by atoms with Crippen LogP contribution in [0.3, 0.4) is 0 Å². The third-order valence-corrected chi connectivity index (χ3v) is 8.41. The van der Waals surface area contributed by atoms with Crippen molar-refractivity contribution < 1.29 is 0 Å². The van der Waals surface area contributed by atoms with Crippen LogP contribution in [0.1, 0.15) is 49.9 Å². The molecule has 0 unspecified atom stereocenters. The Morgan fingerprint density at radius 1 is 0.429 bits per heavy atom. The molecule has 0 fully saturated rings. The average molecular weight is 452 g/mol. The fraction of sp³-hybridized carbons (Fsp3) is 0.176. The second-order valence-electron chi connectivity index (χ2n) is 11.2. The van der Waals surface area contributed by atoms with Crippen molar-refractivity contribution in [1.29, 1.82) is 0 Å². The van der Waals surface area contributed by atoms with Gasteiger partial charge in [0.2, 0.25) is 0 Å². The molecule has 0 atom stereocenters. The average Bonchev–Trinajstić information content (AvgIpc) is 3.22. The van der Waals surface area contributed by atoms with Gasteiger partial charge >= 0.3 is 0 Å². The van der Waals surface area contributed by atoms with Gasteiger partial charge in [-0.3, -0.25) is 0 Å². The summed E-state index contributed by atoms with van der Waals surface area (Å²) in [6.07, 6.45) is 0. The molecule has 0 spiro atoms. The van der Waals surface area contributed by atoms with Crippen LogP contribution in [-0.2, 0) is 10.8 Å². The molecule has 0 bridgehead atoms. The molecule has 5 aromatic rings. The lowest BCUT2D eigenvalue weighted by Crippen LogP contribution is -2.15. The molecule has 170 valence electrons. The maximum absolute atomic E-state index is 3.73. The Labute approximate surface area is 207 Å². The summed E-state index contributed by atoms with van der Waals surface area (Å²) in [6.45, 7) is 9.37. The van der Waals surface area contributed by atoms with Gasteiger partial charge in [-0.1, -0.05) is 88.4 Å². The van der Waals surface area contributed by atoms with Crippen LogP contribution in [0, 0.1) is 0 Å². The molecule has 1 heteroatoms. The van der Waals surface area contributed by atoms with Crippen molar-refractivity contribution >= 4 is 22.1 Å². The SMILES string of the molecule is CC1(C)c2ccccc2-c2ccc(Nc3ccc4c(c3)C(C)(C)c3cc5ccccc5cc3-4)cc21. The number of nitrogens with one attached hydrogen (secondary N) is 1. The van der Waals surface area contributed by atoms with Gasteiger partial charge in [0.05, 0.1) is 0 Å². The molecular weight excluding hydrogens is 422 g/mol. The van der Waals surface area contributed by atoms with Crippen LogP contribution in [0.15, 0.2) is 97.1 Å². The van der Waals surface area contributed by atoms with Crippen LogP contribution in [-0.4, -0.2) is 0 Å². The van der Waals surface area contributed by atoms with Crippen molar-refractivity contribution in [3.63, 3.8) is 0 Å². The standard InChI is InChI=1S/C34H29N/c1-33(2)29-12-8-7-11-25(29)26-15-13-23(19-31(26)33)35-24-14-16-27-28-17-21-9-5-6-10-22(21)18-30(28)34(3,4)32(27)20-24/h5-20,35H,1-4H3. The molecule has 0 radical (unpaired) electrons. The third kappa shape index (κ3) is 2.82. The molecule has 2 aliphatic rings. The predicted molar refractivity (Wildman–Crippen MR) is 149 cm³/mol. The Kier molecular flexibility index (Phi) is 4.02. The number of rotatable bonds is 2. The van der Waals surface area contributed by atoms with Crippen LogP contribution in [0.4, 0.5) is 11.4 Å². The van der Waals surface area contributed by atoms with E-state index < -0.39 is 0 Å². The smallest absolute Gasteiger partial charge is 0.0387 e. The molecule has 7 rings (SSSR count). The fourth-order valence-corrected chi connectivity index (χ4v) is 6.45. The Morgan fingerprint density at radius 2 is 0.914 bits per heavy atom. The summed E-state index contributed by atoms with van der Waals surface area (Å²) < 4.78 is 0. The quantitative estimate of drug-likeness (QED) is 0.282. The Morgan fingerprint density at radius 3 is 1.60 bits per heavy atom. The van der Waals surface area contributed by atoms with E-state index in [4.69, 9.17) is 0 Å². The van der Waals surface area contributed by atoms with Crippen molar-refractivity contribution in [2.24, 2.45) is 0 Å². The molecule has 2 aliphatic carbocycles. The van der Waals surface area contributed by atoms with E-state index in [1.165, 1.54) is 55.3 Å². The van der Waals surface area contributed by atoms with E-state index in [0.29, 0.717) is 0 Å². The highest BCUT2D eigenvalue weighted by atomic mass is 14.9. The van der Waals surface area contributed by atoms with Crippen molar-refractivity contribution in [2.75, 3.05) is 5.32 Å². The van der Waals surface area contributed by atoms with Gasteiger partial charge in [0.25, 0.3) is 0 Å². The first-order valence-corrected chi connectivity index (χ1v) is 12.5. The lowest BCUT2D eigenvalue weighted by molar-refractivity contribution is 0.660. The van der Waals surface area contributed by atoms with Gasteiger partial charge in [-0.2, -0.15) is 0 Å². The lowest BCUT2D eigenvalue weighted by atomic mass is 9.81. The van der Waals surface area contributed by atoms with E-state index in [1.807, 2.05) is 0 Å². The second kappa shape index (κ2) is 6.86. The van der Waals surface area contributed by atoms with Crippen LogP contribution in [0.2, 0.25) is 0 Å². The van der Waals surface area contributed by atoms with Gasteiger partial charge in [0.15, 0.2) is 0 Å². The predicted octanol–water partition coefficient (Wildman–Crippen LogP) is 9.20. The molecule has 0 saturated carbocycles. The van der Waals surface area contributed by atoms with Crippen LogP contribution in [0.25, 0.3) is 33.0 Å². The van der Waals surface area contributed by atoms with E-state index in [2.05, 4.69) is 130 Å². The maximum atomic E-state index is 3.73. The van der Waals surface area contributed by atoms with Crippen molar-refractivity contribution in [1.82, 2.24) is 0 Å². The van der Waals surface area contributed by atoms with E-state index in [-0.39, 0.29) is 10.8 Å². The molecule has 0 aromatic heterocycles. The first-order valence-electron chi connectivity index (χ1n) is 12.5. The number of hydrogen-bond acceptors (Lipinski definition) is 1. The minimum absolute atomic E-state index is 0.00714. The van der Waals surface area contributed by atoms with Gasteiger partial charge in [0.1, 0.15) is 0 Å². The number of anilines is 2. The highest BCUT2D eigenvalue weighted by molar-refractivity contribution is 5.94.